The largest absolute Gasteiger partial charge is 0.454 e. The molecule has 0 fully saturated rings. The first-order chi connectivity index (χ1) is 13.5. The first kappa shape index (κ1) is 18.3. The zero-order valence-electron chi connectivity index (χ0n) is 15.4. The van der Waals surface area contributed by atoms with Crippen molar-refractivity contribution in [2.45, 2.75) is 13.8 Å². The van der Waals surface area contributed by atoms with E-state index < -0.39 is 0 Å². The van der Waals surface area contributed by atoms with Crippen molar-refractivity contribution in [3.05, 3.63) is 75.5 Å². The Bertz CT molecular complexity index is 1090. The van der Waals surface area contributed by atoms with Crippen LogP contribution in [0.25, 0.3) is 5.69 Å². The Morgan fingerprint density at radius 2 is 1.96 bits per heavy atom. The van der Waals surface area contributed by atoms with Gasteiger partial charge < -0.3 is 14.0 Å². The number of hydrogen-bond donors (Lipinski definition) is 1. The van der Waals surface area contributed by atoms with E-state index in [2.05, 4.69) is 37.1 Å². The third-order valence-electron chi connectivity index (χ3n) is 4.54. The van der Waals surface area contributed by atoms with E-state index in [1.54, 1.807) is 24.4 Å². The Labute approximate surface area is 170 Å². The van der Waals surface area contributed by atoms with Gasteiger partial charge in [0.15, 0.2) is 11.5 Å². The highest BCUT2D eigenvalue weighted by atomic mass is 79.9. The van der Waals surface area contributed by atoms with Crippen LogP contribution in [0.4, 0.5) is 0 Å². The molecule has 2 aromatic carbocycles. The fourth-order valence-electron chi connectivity index (χ4n) is 3.19. The summed E-state index contributed by atoms with van der Waals surface area (Å²) in [4.78, 5) is 12.3. The molecule has 0 aliphatic carbocycles. The highest BCUT2D eigenvalue weighted by Crippen LogP contribution is 2.32. The second-order valence-corrected chi connectivity index (χ2v) is 7.32. The summed E-state index contributed by atoms with van der Waals surface area (Å²) >= 11 is 3.51. The molecule has 6 nitrogen and oxygen atoms in total. The number of rotatable bonds is 4. The average molecular weight is 440 g/mol. The number of halogens is 1. The number of aromatic nitrogens is 1. The molecule has 1 amide bonds. The molecule has 0 atom stereocenters. The molecule has 28 heavy (non-hydrogen) atoms. The molecule has 3 aromatic rings. The number of benzene rings is 2. The van der Waals surface area contributed by atoms with Gasteiger partial charge in [-0.1, -0.05) is 22.0 Å². The summed E-state index contributed by atoms with van der Waals surface area (Å²) < 4.78 is 13.7. The van der Waals surface area contributed by atoms with E-state index in [1.807, 2.05) is 38.1 Å². The standard InChI is InChI=1S/C21H18BrN3O3/c1-13-8-16(14(2)25(13)18-5-3-4-17(22)10-18)11-23-24-21(26)15-6-7-19-20(9-15)28-12-27-19/h3-11H,12H2,1-2H3,(H,24,26)/b23-11-. The summed E-state index contributed by atoms with van der Waals surface area (Å²) in [7, 11) is 0. The number of amides is 1. The van der Waals surface area contributed by atoms with Gasteiger partial charge in [-0.05, 0) is 56.3 Å². The van der Waals surface area contributed by atoms with Crippen LogP contribution in [0.3, 0.4) is 0 Å². The van der Waals surface area contributed by atoms with Gasteiger partial charge in [-0.2, -0.15) is 5.10 Å². The summed E-state index contributed by atoms with van der Waals surface area (Å²) in [5.41, 5.74) is 7.14. The van der Waals surface area contributed by atoms with Gasteiger partial charge in [-0.15, -0.1) is 0 Å². The van der Waals surface area contributed by atoms with Crippen molar-refractivity contribution in [3.8, 4) is 17.2 Å². The van der Waals surface area contributed by atoms with Crippen LogP contribution in [0, 0.1) is 13.8 Å². The lowest BCUT2D eigenvalue weighted by Crippen LogP contribution is -2.17. The van der Waals surface area contributed by atoms with Gasteiger partial charge in [0.2, 0.25) is 6.79 Å². The number of nitrogens with zero attached hydrogens (tertiary/aromatic N) is 2. The Morgan fingerprint density at radius 3 is 2.79 bits per heavy atom. The third-order valence-corrected chi connectivity index (χ3v) is 5.03. The van der Waals surface area contributed by atoms with E-state index in [-0.39, 0.29) is 12.7 Å². The molecular formula is C21H18BrN3O3. The molecule has 0 saturated carbocycles. The van der Waals surface area contributed by atoms with Crippen molar-refractivity contribution < 1.29 is 14.3 Å². The Kier molecular flexibility index (Phi) is 4.92. The van der Waals surface area contributed by atoms with Crippen molar-refractivity contribution in [1.82, 2.24) is 9.99 Å². The van der Waals surface area contributed by atoms with Crippen LogP contribution in [0.2, 0.25) is 0 Å². The fraction of sp³-hybridized carbons (Fsp3) is 0.143. The topological polar surface area (TPSA) is 64.8 Å². The van der Waals surface area contributed by atoms with Gasteiger partial charge in [0, 0.05) is 32.7 Å². The quantitative estimate of drug-likeness (QED) is 0.485. The number of hydrazone groups is 1. The second kappa shape index (κ2) is 7.52. The van der Waals surface area contributed by atoms with Crippen molar-refractivity contribution in [2.24, 2.45) is 5.10 Å². The molecular weight excluding hydrogens is 422 g/mol. The highest BCUT2D eigenvalue weighted by Gasteiger charge is 2.16. The minimum Gasteiger partial charge on any atom is -0.454 e. The summed E-state index contributed by atoms with van der Waals surface area (Å²) in [5.74, 6) is 0.893. The molecule has 0 spiro atoms. The Morgan fingerprint density at radius 1 is 1.14 bits per heavy atom. The van der Waals surface area contributed by atoms with E-state index in [4.69, 9.17) is 9.47 Å². The highest BCUT2D eigenvalue weighted by molar-refractivity contribution is 9.10. The first-order valence-corrected chi connectivity index (χ1v) is 9.50. The Balaban J connectivity index is 1.51. The lowest BCUT2D eigenvalue weighted by Gasteiger charge is -2.09. The van der Waals surface area contributed by atoms with Gasteiger partial charge in [-0.25, -0.2) is 5.43 Å². The van der Waals surface area contributed by atoms with E-state index in [0.29, 0.717) is 17.1 Å². The summed E-state index contributed by atoms with van der Waals surface area (Å²) in [6, 6.07) is 15.2. The molecule has 4 rings (SSSR count). The molecule has 142 valence electrons. The Hall–Kier alpha value is -3.06. The van der Waals surface area contributed by atoms with Crippen molar-refractivity contribution >= 4 is 28.1 Å². The second-order valence-electron chi connectivity index (χ2n) is 6.41. The maximum Gasteiger partial charge on any atom is 0.271 e. The number of nitrogens with one attached hydrogen (secondary N) is 1. The van der Waals surface area contributed by atoms with Crippen LogP contribution in [-0.4, -0.2) is 23.5 Å². The van der Waals surface area contributed by atoms with Crippen LogP contribution in [0.5, 0.6) is 11.5 Å². The maximum absolute atomic E-state index is 12.3. The fourth-order valence-corrected chi connectivity index (χ4v) is 3.58. The average Bonchev–Trinajstić information content (AvgIpc) is 3.25. The van der Waals surface area contributed by atoms with Crippen LogP contribution < -0.4 is 14.9 Å². The molecule has 1 aromatic heterocycles. The molecule has 1 aliphatic rings. The zero-order valence-corrected chi connectivity index (χ0v) is 17.0. The van der Waals surface area contributed by atoms with Gasteiger partial charge in [0.05, 0.1) is 6.21 Å². The molecule has 1 N–H and O–H groups in total. The van der Waals surface area contributed by atoms with Crippen LogP contribution in [-0.2, 0) is 0 Å². The van der Waals surface area contributed by atoms with Crippen LogP contribution >= 0.6 is 15.9 Å². The van der Waals surface area contributed by atoms with E-state index >= 15 is 0 Å². The smallest absolute Gasteiger partial charge is 0.271 e. The number of carbonyl (C=O) groups excluding carboxylic acids is 1. The van der Waals surface area contributed by atoms with Gasteiger partial charge in [0.25, 0.3) is 5.91 Å². The monoisotopic (exact) mass is 439 g/mol. The molecule has 0 bridgehead atoms. The summed E-state index contributed by atoms with van der Waals surface area (Å²) in [6.45, 7) is 4.23. The van der Waals surface area contributed by atoms with Crippen LogP contribution in [0.15, 0.2) is 58.1 Å². The molecule has 7 heteroatoms. The lowest BCUT2D eigenvalue weighted by atomic mass is 10.2. The number of ether oxygens (including phenoxy) is 2. The first-order valence-electron chi connectivity index (χ1n) is 8.71. The summed E-state index contributed by atoms with van der Waals surface area (Å²) in [5, 5.41) is 4.12. The van der Waals surface area contributed by atoms with Gasteiger partial charge >= 0.3 is 0 Å². The summed E-state index contributed by atoms with van der Waals surface area (Å²) in [6.07, 6.45) is 1.65. The molecule has 2 heterocycles. The van der Waals surface area contributed by atoms with E-state index in [1.165, 1.54) is 0 Å². The van der Waals surface area contributed by atoms with Gasteiger partial charge in [0.1, 0.15) is 0 Å². The number of aryl methyl sites for hydroxylation is 1. The maximum atomic E-state index is 12.3. The van der Waals surface area contributed by atoms with Crippen molar-refractivity contribution in [1.29, 1.82) is 0 Å². The molecule has 1 aliphatic heterocycles. The minimum absolute atomic E-state index is 0.173. The predicted molar refractivity (Wildman–Crippen MR) is 111 cm³/mol. The number of carbonyl (C=O) groups is 1. The molecule has 0 saturated heterocycles. The predicted octanol–water partition coefficient (Wildman–Crippen LogP) is 4.35. The van der Waals surface area contributed by atoms with Crippen molar-refractivity contribution in [3.63, 3.8) is 0 Å². The normalized spacial score (nSPS) is 12.5. The zero-order chi connectivity index (χ0) is 19.7. The molecule has 0 unspecified atom stereocenters. The van der Waals surface area contributed by atoms with Gasteiger partial charge in [-0.3, -0.25) is 4.79 Å². The SMILES string of the molecule is Cc1cc(/C=N\NC(=O)c2ccc3c(c2)OCO3)c(C)n1-c1cccc(Br)c1. The minimum atomic E-state index is -0.310. The van der Waals surface area contributed by atoms with Crippen molar-refractivity contribution in [2.75, 3.05) is 6.79 Å². The lowest BCUT2D eigenvalue weighted by molar-refractivity contribution is 0.0954. The third kappa shape index (κ3) is 3.53. The number of fused-ring (bicyclic) bond motifs is 1. The van der Waals surface area contributed by atoms with E-state index in [9.17, 15) is 4.79 Å². The van der Waals surface area contributed by atoms with Crippen LogP contribution in [0.1, 0.15) is 27.3 Å². The van der Waals surface area contributed by atoms with E-state index in [0.717, 1.165) is 27.1 Å². The number of hydrogen-bond acceptors (Lipinski definition) is 4. The molecule has 0 radical (unpaired) electrons.